The van der Waals surface area contributed by atoms with E-state index < -0.39 is 0 Å². The molecule has 0 bridgehead atoms. The van der Waals surface area contributed by atoms with Crippen LogP contribution in [0.4, 0.5) is 0 Å². The van der Waals surface area contributed by atoms with Crippen molar-refractivity contribution < 1.29 is 9.84 Å². The molecule has 0 saturated carbocycles. The first-order valence-electron chi connectivity index (χ1n) is 5.37. The standard InChI is InChI=1S/C12H22O2/c1-4-6-7-9-12(3,8-5-2)14-11-10-13/h13H,4,6-7,9-11H2,1-3H3. The normalized spacial score (nSPS) is 14.3. The molecule has 0 aromatic heterocycles. The zero-order valence-electron chi connectivity index (χ0n) is 9.60. The van der Waals surface area contributed by atoms with E-state index in [1.165, 1.54) is 12.8 Å². The molecule has 1 N–H and O–H groups in total. The van der Waals surface area contributed by atoms with Crippen LogP contribution in [0.5, 0.6) is 0 Å². The molecular weight excluding hydrogens is 176 g/mol. The summed E-state index contributed by atoms with van der Waals surface area (Å²) in [4.78, 5) is 0. The smallest absolute Gasteiger partial charge is 0.126 e. The van der Waals surface area contributed by atoms with E-state index in [0.717, 1.165) is 12.8 Å². The van der Waals surface area contributed by atoms with Crippen LogP contribution < -0.4 is 0 Å². The molecule has 0 heterocycles. The lowest BCUT2D eigenvalue weighted by molar-refractivity contribution is -0.0125. The summed E-state index contributed by atoms with van der Waals surface area (Å²) >= 11 is 0. The number of ether oxygens (including phenoxy) is 1. The van der Waals surface area contributed by atoms with Crippen molar-refractivity contribution in [1.29, 1.82) is 0 Å². The Morgan fingerprint density at radius 1 is 1.36 bits per heavy atom. The van der Waals surface area contributed by atoms with Gasteiger partial charge in [-0.3, -0.25) is 0 Å². The van der Waals surface area contributed by atoms with Crippen LogP contribution in [0.25, 0.3) is 0 Å². The maximum absolute atomic E-state index is 8.70. The first-order valence-corrected chi connectivity index (χ1v) is 5.37. The summed E-state index contributed by atoms with van der Waals surface area (Å²) in [6.45, 7) is 6.43. The predicted molar refractivity (Wildman–Crippen MR) is 59.0 cm³/mol. The van der Waals surface area contributed by atoms with Crippen molar-refractivity contribution in [3.05, 3.63) is 0 Å². The average molecular weight is 198 g/mol. The van der Waals surface area contributed by atoms with Crippen molar-refractivity contribution in [2.75, 3.05) is 13.2 Å². The maximum Gasteiger partial charge on any atom is 0.126 e. The lowest BCUT2D eigenvalue weighted by atomic mass is 9.98. The predicted octanol–water partition coefficient (Wildman–Crippen LogP) is 2.36. The van der Waals surface area contributed by atoms with Gasteiger partial charge < -0.3 is 9.84 Å². The molecule has 0 aliphatic heterocycles. The second kappa shape index (κ2) is 7.84. The van der Waals surface area contributed by atoms with Crippen LogP contribution in [-0.4, -0.2) is 23.9 Å². The zero-order valence-corrected chi connectivity index (χ0v) is 9.60. The summed E-state index contributed by atoms with van der Waals surface area (Å²) in [6, 6.07) is 0. The van der Waals surface area contributed by atoms with Crippen molar-refractivity contribution in [2.45, 2.75) is 52.1 Å². The third kappa shape index (κ3) is 6.01. The zero-order chi connectivity index (χ0) is 10.9. The van der Waals surface area contributed by atoms with Gasteiger partial charge in [-0.1, -0.05) is 25.7 Å². The highest BCUT2D eigenvalue weighted by Gasteiger charge is 2.20. The van der Waals surface area contributed by atoms with Gasteiger partial charge in [-0.15, -0.1) is 5.92 Å². The summed E-state index contributed by atoms with van der Waals surface area (Å²) < 4.78 is 5.54. The molecule has 0 radical (unpaired) electrons. The Hall–Kier alpha value is -0.520. The van der Waals surface area contributed by atoms with E-state index >= 15 is 0 Å². The second-order valence-corrected chi connectivity index (χ2v) is 3.64. The van der Waals surface area contributed by atoms with Gasteiger partial charge in [0, 0.05) is 0 Å². The minimum Gasteiger partial charge on any atom is -0.394 e. The van der Waals surface area contributed by atoms with Crippen LogP contribution in [0.2, 0.25) is 0 Å². The third-order valence-corrected chi connectivity index (χ3v) is 2.16. The van der Waals surface area contributed by atoms with E-state index in [1.807, 2.05) is 13.8 Å². The molecule has 0 aliphatic carbocycles. The molecule has 1 unspecified atom stereocenters. The summed E-state index contributed by atoms with van der Waals surface area (Å²) in [5.74, 6) is 5.96. The molecule has 0 aromatic carbocycles. The van der Waals surface area contributed by atoms with Crippen LogP contribution in [0.1, 0.15) is 46.5 Å². The van der Waals surface area contributed by atoms with E-state index in [9.17, 15) is 0 Å². The van der Waals surface area contributed by atoms with Gasteiger partial charge >= 0.3 is 0 Å². The Kier molecular flexibility index (Phi) is 7.55. The SMILES string of the molecule is CC#CC(C)(CCCCC)OCCO. The van der Waals surface area contributed by atoms with Crippen molar-refractivity contribution in [3.63, 3.8) is 0 Å². The summed E-state index contributed by atoms with van der Waals surface area (Å²) in [7, 11) is 0. The fourth-order valence-corrected chi connectivity index (χ4v) is 1.42. The Balaban J connectivity index is 4.00. The Morgan fingerprint density at radius 2 is 2.07 bits per heavy atom. The van der Waals surface area contributed by atoms with Crippen LogP contribution in [0.15, 0.2) is 0 Å². The van der Waals surface area contributed by atoms with Crippen molar-refractivity contribution in [1.82, 2.24) is 0 Å². The van der Waals surface area contributed by atoms with Gasteiger partial charge in [0.05, 0.1) is 13.2 Å². The highest BCUT2D eigenvalue weighted by atomic mass is 16.5. The number of aliphatic hydroxyl groups excluding tert-OH is 1. The van der Waals surface area contributed by atoms with E-state index in [2.05, 4.69) is 18.8 Å². The van der Waals surface area contributed by atoms with Gasteiger partial charge in [-0.2, -0.15) is 0 Å². The van der Waals surface area contributed by atoms with E-state index in [-0.39, 0.29) is 12.2 Å². The average Bonchev–Trinajstić information content (AvgIpc) is 2.16. The molecule has 2 nitrogen and oxygen atoms in total. The van der Waals surface area contributed by atoms with E-state index in [0.29, 0.717) is 6.61 Å². The monoisotopic (exact) mass is 198 g/mol. The largest absolute Gasteiger partial charge is 0.394 e. The summed E-state index contributed by atoms with van der Waals surface area (Å²) in [5.41, 5.74) is -0.368. The number of hydrogen-bond donors (Lipinski definition) is 1. The highest BCUT2D eigenvalue weighted by Crippen LogP contribution is 2.18. The summed E-state index contributed by atoms with van der Waals surface area (Å²) in [5, 5.41) is 8.70. The number of hydrogen-bond acceptors (Lipinski definition) is 2. The fraction of sp³-hybridized carbons (Fsp3) is 0.833. The second-order valence-electron chi connectivity index (χ2n) is 3.64. The molecule has 0 spiro atoms. The minimum atomic E-state index is -0.368. The molecule has 1 atom stereocenters. The van der Waals surface area contributed by atoms with E-state index in [1.54, 1.807) is 0 Å². The Labute approximate surface area is 87.7 Å². The maximum atomic E-state index is 8.70. The van der Waals surface area contributed by atoms with Gasteiger partial charge in [0.1, 0.15) is 5.60 Å². The molecule has 0 aromatic rings. The first-order chi connectivity index (χ1) is 6.68. The molecule has 82 valence electrons. The fourth-order valence-electron chi connectivity index (χ4n) is 1.42. The molecular formula is C12H22O2. The molecule has 0 aliphatic rings. The first kappa shape index (κ1) is 13.5. The van der Waals surface area contributed by atoms with Gasteiger partial charge in [0.15, 0.2) is 0 Å². The number of rotatable bonds is 7. The quantitative estimate of drug-likeness (QED) is 0.502. The molecule has 2 heteroatoms. The topological polar surface area (TPSA) is 29.5 Å². The highest BCUT2D eigenvalue weighted by molar-refractivity contribution is 5.11. The Bertz CT molecular complexity index is 190. The Morgan fingerprint density at radius 3 is 2.57 bits per heavy atom. The van der Waals surface area contributed by atoms with Crippen LogP contribution in [0.3, 0.4) is 0 Å². The number of aliphatic hydroxyl groups is 1. The van der Waals surface area contributed by atoms with Gasteiger partial charge in [-0.05, 0) is 26.7 Å². The lowest BCUT2D eigenvalue weighted by Gasteiger charge is -2.23. The summed E-state index contributed by atoms with van der Waals surface area (Å²) in [6.07, 6.45) is 4.49. The minimum absolute atomic E-state index is 0.0642. The molecule has 0 fully saturated rings. The lowest BCUT2D eigenvalue weighted by Crippen LogP contribution is -2.28. The van der Waals surface area contributed by atoms with Crippen LogP contribution >= 0.6 is 0 Å². The molecule has 0 rings (SSSR count). The molecule has 14 heavy (non-hydrogen) atoms. The van der Waals surface area contributed by atoms with Gasteiger partial charge in [-0.25, -0.2) is 0 Å². The number of unbranched alkanes of at least 4 members (excludes halogenated alkanes) is 2. The van der Waals surface area contributed by atoms with Crippen molar-refractivity contribution in [3.8, 4) is 11.8 Å². The van der Waals surface area contributed by atoms with Gasteiger partial charge in [0.25, 0.3) is 0 Å². The van der Waals surface area contributed by atoms with Crippen molar-refractivity contribution >= 4 is 0 Å². The van der Waals surface area contributed by atoms with E-state index in [4.69, 9.17) is 9.84 Å². The third-order valence-electron chi connectivity index (χ3n) is 2.16. The van der Waals surface area contributed by atoms with Crippen LogP contribution in [-0.2, 0) is 4.74 Å². The molecule has 0 amide bonds. The van der Waals surface area contributed by atoms with Crippen molar-refractivity contribution in [2.24, 2.45) is 0 Å². The van der Waals surface area contributed by atoms with Crippen LogP contribution in [0, 0.1) is 11.8 Å². The molecule has 0 saturated heterocycles. The van der Waals surface area contributed by atoms with Gasteiger partial charge in [0.2, 0.25) is 0 Å².